The van der Waals surface area contributed by atoms with E-state index in [0.29, 0.717) is 53.2 Å². The van der Waals surface area contributed by atoms with Gasteiger partial charge in [0.25, 0.3) is 5.91 Å². The molecule has 1 unspecified atom stereocenters. The van der Waals surface area contributed by atoms with Crippen LogP contribution in [0.5, 0.6) is 11.5 Å². The van der Waals surface area contributed by atoms with Crippen LogP contribution in [0.1, 0.15) is 69.9 Å². The Morgan fingerprint density at radius 3 is 2.72 bits per heavy atom. The number of amides is 1. The van der Waals surface area contributed by atoms with Crippen molar-refractivity contribution in [2.45, 2.75) is 82.1 Å². The van der Waals surface area contributed by atoms with Crippen molar-refractivity contribution in [2.24, 2.45) is 11.8 Å². The molecule has 0 N–H and O–H groups in total. The number of ketones is 1. The number of alkyl halides is 1. The van der Waals surface area contributed by atoms with E-state index in [1.54, 1.807) is 35.4 Å². The molecule has 2 bridgehead atoms. The van der Waals surface area contributed by atoms with Crippen LogP contribution in [0.25, 0.3) is 10.9 Å². The normalized spacial score (nSPS) is 24.5. The molecule has 1 amide bonds. The summed E-state index contributed by atoms with van der Waals surface area (Å²) in [5.74, 6) is 0.299. The van der Waals surface area contributed by atoms with E-state index >= 15 is 0 Å². The molecule has 0 radical (unpaired) electrons. The van der Waals surface area contributed by atoms with Crippen molar-refractivity contribution in [3.8, 4) is 11.5 Å². The lowest BCUT2D eigenvalue weighted by molar-refractivity contribution is -0.137. The van der Waals surface area contributed by atoms with Crippen LogP contribution in [0.15, 0.2) is 42.6 Å². The number of fused-ring (bicyclic) bond motifs is 1. The Bertz CT molecular complexity index is 1730. The number of pyridine rings is 1. The molecular weight excluding hydrogens is 637 g/mol. The number of unbranched alkanes of at least 4 members (excludes halogenated alkanes) is 1. The van der Waals surface area contributed by atoms with Gasteiger partial charge in [-0.15, -0.1) is 0 Å². The Balaban J connectivity index is 1.16. The molecule has 7 rings (SSSR count). The molecule has 1 aliphatic heterocycles. The first-order valence-electron chi connectivity index (χ1n) is 17.1. The number of halogens is 2. The lowest BCUT2D eigenvalue weighted by Gasteiger charge is -2.54. The zero-order valence-electron chi connectivity index (χ0n) is 27.0. The summed E-state index contributed by atoms with van der Waals surface area (Å²) in [4.78, 5) is 49.4. The van der Waals surface area contributed by atoms with E-state index in [-0.39, 0.29) is 16.9 Å². The molecular formula is C37H41Cl2N3O5. The van der Waals surface area contributed by atoms with Crippen LogP contribution in [-0.2, 0) is 26.2 Å². The fraction of sp³-hybridized carbons (Fsp3) is 0.514. The van der Waals surface area contributed by atoms with Gasteiger partial charge in [-0.2, -0.15) is 0 Å². The minimum atomic E-state index is -1.60. The lowest BCUT2D eigenvalue weighted by atomic mass is 9.48. The number of hydrogen-bond acceptors (Lipinski definition) is 7. The van der Waals surface area contributed by atoms with Crippen molar-refractivity contribution in [1.29, 1.82) is 0 Å². The summed E-state index contributed by atoms with van der Waals surface area (Å²) in [6.45, 7) is 7.44. The van der Waals surface area contributed by atoms with Crippen LogP contribution >= 0.6 is 23.2 Å². The number of anilines is 1. The van der Waals surface area contributed by atoms with E-state index in [0.717, 1.165) is 62.7 Å². The van der Waals surface area contributed by atoms with Gasteiger partial charge in [0.05, 0.1) is 11.2 Å². The molecule has 1 spiro atoms. The number of carbonyl (C=O) groups is 3. The van der Waals surface area contributed by atoms with Crippen LogP contribution in [0.3, 0.4) is 0 Å². The molecule has 3 aromatic rings. The Hall–Kier alpha value is -3.20. The molecule has 4 aliphatic rings. The SMILES string of the molecule is CCN(CC)CCCCN(C(=O)C(Cl)C(=O)Oc1ccc2c3c1O[C@H]1C(=O)CC[C@H]4[C@H](CCC[C@]314)C2)c1ccnc2cc(Cl)ccc12. The maximum absolute atomic E-state index is 14.1. The van der Waals surface area contributed by atoms with Crippen LogP contribution in [0.2, 0.25) is 5.02 Å². The predicted octanol–water partition coefficient (Wildman–Crippen LogP) is 6.89. The predicted molar refractivity (Wildman–Crippen MR) is 183 cm³/mol. The Kier molecular flexibility index (Phi) is 8.96. The van der Waals surface area contributed by atoms with Gasteiger partial charge in [-0.05, 0) is 106 Å². The van der Waals surface area contributed by atoms with Crippen molar-refractivity contribution >= 4 is 57.5 Å². The van der Waals surface area contributed by atoms with Gasteiger partial charge in [0.15, 0.2) is 23.4 Å². The van der Waals surface area contributed by atoms with Crippen LogP contribution in [0.4, 0.5) is 5.69 Å². The number of esters is 1. The maximum atomic E-state index is 14.1. The number of nitrogens with zero attached hydrogens (tertiary/aromatic N) is 3. The quantitative estimate of drug-likeness (QED) is 0.0718. The first kappa shape index (κ1) is 32.4. The molecule has 2 aromatic carbocycles. The average molecular weight is 679 g/mol. The Morgan fingerprint density at radius 2 is 1.91 bits per heavy atom. The fourth-order valence-electron chi connectivity index (χ4n) is 8.97. The van der Waals surface area contributed by atoms with Crippen molar-refractivity contribution < 1.29 is 23.9 Å². The summed E-state index contributed by atoms with van der Waals surface area (Å²) >= 11 is 12.9. The highest BCUT2D eigenvalue weighted by atomic mass is 35.5. The number of rotatable bonds is 11. The summed E-state index contributed by atoms with van der Waals surface area (Å²) in [6, 6.07) is 10.8. The summed E-state index contributed by atoms with van der Waals surface area (Å²) in [7, 11) is 0. The Morgan fingerprint density at radius 1 is 1.11 bits per heavy atom. The van der Waals surface area contributed by atoms with Gasteiger partial charge < -0.3 is 19.3 Å². The Labute approximate surface area is 285 Å². The number of carbonyl (C=O) groups excluding carboxylic acids is 3. The molecule has 10 heteroatoms. The number of hydrogen-bond donors (Lipinski definition) is 0. The van der Waals surface area contributed by atoms with E-state index in [1.165, 1.54) is 12.0 Å². The first-order valence-corrected chi connectivity index (χ1v) is 17.9. The van der Waals surface area contributed by atoms with Gasteiger partial charge in [0, 0.05) is 40.5 Å². The second-order valence-electron chi connectivity index (χ2n) is 13.4. The van der Waals surface area contributed by atoms with E-state index in [2.05, 4.69) is 23.7 Å². The molecule has 5 atom stereocenters. The number of benzene rings is 2. The van der Waals surface area contributed by atoms with Gasteiger partial charge >= 0.3 is 5.97 Å². The molecule has 2 fully saturated rings. The third-order valence-electron chi connectivity index (χ3n) is 11.1. The van der Waals surface area contributed by atoms with E-state index in [9.17, 15) is 14.4 Å². The molecule has 248 valence electrons. The van der Waals surface area contributed by atoms with Crippen molar-refractivity contribution in [3.63, 3.8) is 0 Å². The summed E-state index contributed by atoms with van der Waals surface area (Å²) in [6.07, 6.45) is 8.11. The third-order valence-corrected chi connectivity index (χ3v) is 11.7. The zero-order valence-corrected chi connectivity index (χ0v) is 28.5. The average Bonchev–Trinajstić information content (AvgIpc) is 3.42. The summed E-state index contributed by atoms with van der Waals surface area (Å²) in [5.41, 5.74) is 3.10. The van der Waals surface area contributed by atoms with Gasteiger partial charge in [-0.1, -0.05) is 49.5 Å². The van der Waals surface area contributed by atoms with Gasteiger partial charge in [-0.25, -0.2) is 4.79 Å². The van der Waals surface area contributed by atoms with Crippen LogP contribution < -0.4 is 14.4 Å². The number of aromatic nitrogens is 1. The standard InChI is InChI=1S/C37H41Cl2N3O5/c1-3-41(4-2)18-5-6-19-42(28-15-17-40-27-21-24(38)10-11-25(27)28)35(44)32(39)36(45)46-30-14-9-23-20-22-8-7-16-37-26(22)12-13-29(43)34(37)47-33(30)31(23)37/h9-11,14-15,17,21-22,26,32,34H,3-8,12-13,16,18-20H2,1-2H3/t22-,26+,32?,34+,37+/m1/s1. The molecule has 2 heterocycles. The topological polar surface area (TPSA) is 89.0 Å². The van der Waals surface area contributed by atoms with Crippen molar-refractivity contribution in [1.82, 2.24) is 9.88 Å². The maximum Gasteiger partial charge on any atom is 0.339 e. The molecule has 8 nitrogen and oxygen atoms in total. The second kappa shape index (κ2) is 13.0. The highest BCUT2D eigenvalue weighted by Gasteiger charge is 2.64. The highest BCUT2D eigenvalue weighted by molar-refractivity contribution is 6.43. The zero-order chi connectivity index (χ0) is 32.9. The highest BCUT2D eigenvalue weighted by Crippen LogP contribution is 2.65. The van der Waals surface area contributed by atoms with Crippen LogP contribution in [0, 0.1) is 11.8 Å². The van der Waals surface area contributed by atoms with E-state index in [1.807, 2.05) is 12.1 Å². The minimum absolute atomic E-state index is 0.121. The second-order valence-corrected chi connectivity index (χ2v) is 14.3. The fourth-order valence-corrected chi connectivity index (χ4v) is 9.30. The van der Waals surface area contributed by atoms with Gasteiger partial charge in [-0.3, -0.25) is 14.6 Å². The van der Waals surface area contributed by atoms with Crippen molar-refractivity contribution in [3.05, 3.63) is 58.7 Å². The van der Waals surface area contributed by atoms with Gasteiger partial charge in [0.2, 0.25) is 5.38 Å². The van der Waals surface area contributed by atoms with Crippen molar-refractivity contribution in [2.75, 3.05) is 31.1 Å². The minimum Gasteiger partial charge on any atom is -0.477 e. The molecule has 47 heavy (non-hydrogen) atoms. The largest absolute Gasteiger partial charge is 0.477 e. The number of ether oxygens (including phenoxy) is 2. The van der Waals surface area contributed by atoms with E-state index < -0.39 is 23.4 Å². The smallest absolute Gasteiger partial charge is 0.339 e. The van der Waals surface area contributed by atoms with E-state index in [4.69, 9.17) is 32.7 Å². The van der Waals surface area contributed by atoms with Gasteiger partial charge in [0.1, 0.15) is 0 Å². The monoisotopic (exact) mass is 677 g/mol. The lowest BCUT2D eigenvalue weighted by Crippen LogP contribution is -2.58. The first-order chi connectivity index (χ1) is 22.8. The number of Topliss-reactive ketones (excluding diaryl/α,β-unsaturated/α-hetero) is 1. The molecule has 0 saturated heterocycles. The van der Waals surface area contributed by atoms with Crippen LogP contribution in [-0.4, -0.2) is 65.2 Å². The summed E-state index contributed by atoms with van der Waals surface area (Å²) < 4.78 is 12.4. The summed E-state index contributed by atoms with van der Waals surface area (Å²) in [5, 5.41) is -0.337. The third kappa shape index (κ3) is 5.50. The molecule has 2 saturated carbocycles. The molecule has 3 aliphatic carbocycles. The molecule has 1 aromatic heterocycles.